The fourth-order valence-electron chi connectivity index (χ4n) is 3.61. The predicted octanol–water partition coefficient (Wildman–Crippen LogP) is 0.588. The Bertz CT molecular complexity index is 394. The molecule has 0 radical (unpaired) electrons. The van der Waals surface area contributed by atoms with Crippen LogP contribution in [-0.4, -0.2) is 66.2 Å². The van der Waals surface area contributed by atoms with Gasteiger partial charge < -0.3 is 20.2 Å². The van der Waals surface area contributed by atoms with E-state index in [0.717, 1.165) is 51.9 Å². The highest BCUT2D eigenvalue weighted by molar-refractivity contribution is 5.78. The van der Waals surface area contributed by atoms with E-state index < -0.39 is 11.4 Å². The number of carboxylic acids is 1. The SMILES string of the molecule is O=C(N1CCNCC1)N1CCC(C2(C(=O)O)CC2)CC1. The van der Waals surface area contributed by atoms with Crippen LogP contribution in [0.3, 0.4) is 0 Å². The van der Waals surface area contributed by atoms with Crippen molar-refractivity contribution in [1.29, 1.82) is 0 Å². The zero-order valence-electron chi connectivity index (χ0n) is 11.8. The molecule has 0 atom stereocenters. The Labute approximate surface area is 119 Å². The first kappa shape index (κ1) is 13.7. The van der Waals surface area contributed by atoms with Crippen molar-refractivity contribution in [2.75, 3.05) is 39.3 Å². The van der Waals surface area contributed by atoms with Crippen molar-refractivity contribution in [3.63, 3.8) is 0 Å². The predicted molar refractivity (Wildman–Crippen MR) is 73.4 cm³/mol. The lowest BCUT2D eigenvalue weighted by molar-refractivity contribution is -0.146. The van der Waals surface area contributed by atoms with Crippen LogP contribution in [0.15, 0.2) is 0 Å². The summed E-state index contributed by atoms with van der Waals surface area (Å²) >= 11 is 0. The molecule has 0 spiro atoms. The number of likely N-dealkylation sites (tertiary alicyclic amines) is 1. The van der Waals surface area contributed by atoms with E-state index >= 15 is 0 Å². The molecule has 3 rings (SSSR count). The quantitative estimate of drug-likeness (QED) is 0.777. The number of carbonyl (C=O) groups excluding carboxylic acids is 1. The standard InChI is InChI=1S/C14H23N3O3/c18-12(19)14(3-4-14)11-1-7-16(8-2-11)13(20)17-9-5-15-6-10-17/h11,15H,1-10H2,(H,18,19). The zero-order valence-corrected chi connectivity index (χ0v) is 11.8. The first-order valence-electron chi connectivity index (χ1n) is 7.61. The van der Waals surface area contributed by atoms with Crippen LogP contribution < -0.4 is 5.32 Å². The number of amides is 2. The number of nitrogens with one attached hydrogen (secondary N) is 1. The van der Waals surface area contributed by atoms with Crippen LogP contribution >= 0.6 is 0 Å². The maximum Gasteiger partial charge on any atom is 0.320 e. The van der Waals surface area contributed by atoms with Crippen molar-refractivity contribution < 1.29 is 14.7 Å². The first-order chi connectivity index (χ1) is 9.63. The summed E-state index contributed by atoms with van der Waals surface area (Å²) in [4.78, 5) is 27.5. The zero-order chi connectivity index (χ0) is 14.2. The molecule has 6 nitrogen and oxygen atoms in total. The van der Waals surface area contributed by atoms with E-state index in [1.807, 2.05) is 9.80 Å². The Hall–Kier alpha value is -1.30. The highest BCUT2D eigenvalue weighted by atomic mass is 16.4. The van der Waals surface area contributed by atoms with E-state index in [0.29, 0.717) is 13.1 Å². The molecule has 0 aromatic rings. The molecule has 2 N–H and O–H groups in total. The van der Waals surface area contributed by atoms with Crippen LogP contribution in [0, 0.1) is 11.3 Å². The largest absolute Gasteiger partial charge is 0.481 e. The highest BCUT2D eigenvalue weighted by Crippen LogP contribution is 2.55. The number of urea groups is 1. The van der Waals surface area contributed by atoms with E-state index in [9.17, 15) is 14.7 Å². The molecular formula is C14H23N3O3. The van der Waals surface area contributed by atoms with Gasteiger partial charge in [-0.05, 0) is 31.6 Å². The lowest BCUT2D eigenvalue weighted by Crippen LogP contribution is -2.53. The molecule has 2 heterocycles. The summed E-state index contributed by atoms with van der Waals surface area (Å²) in [5.41, 5.74) is -0.454. The normalized spacial score (nSPS) is 26.4. The van der Waals surface area contributed by atoms with Crippen molar-refractivity contribution >= 4 is 12.0 Å². The van der Waals surface area contributed by atoms with E-state index in [2.05, 4.69) is 5.32 Å². The Kier molecular flexibility index (Phi) is 3.58. The third-order valence-electron chi connectivity index (χ3n) is 5.15. The number of rotatable bonds is 2. The summed E-state index contributed by atoms with van der Waals surface area (Å²) in [6.45, 7) is 4.70. The van der Waals surface area contributed by atoms with Crippen LogP contribution in [0.4, 0.5) is 4.79 Å². The molecule has 6 heteroatoms. The van der Waals surface area contributed by atoms with Crippen LogP contribution in [0.2, 0.25) is 0 Å². The number of carboxylic acid groups (broad SMARTS) is 1. The second-order valence-corrected chi connectivity index (χ2v) is 6.24. The molecule has 20 heavy (non-hydrogen) atoms. The van der Waals surface area contributed by atoms with Gasteiger partial charge in [0.2, 0.25) is 0 Å². The molecule has 1 aliphatic carbocycles. The molecule has 2 aliphatic heterocycles. The van der Waals surface area contributed by atoms with Gasteiger partial charge in [-0.25, -0.2) is 4.79 Å². The molecular weight excluding hydrogens is 258 g/mol. The maximum atomic E-state index is 12.4. The Morgan fingerprint density at radius 2 is 1.55 bits per heavy atom. The van der Waals surface area contributed by atoms with E-state index in [1.54, 1.807) is 0 Å². The Morgan fingerprint density at radius 1 is 1.00 bits per heavy atom. The molecule has 2 amide bonds. The molecule has 0 unspecified atom stereocenters. The van der Waals surface area contributed by atoms with Gasteiger partial charge in [0.15, 0.2) is 0 Å². The number of hydrogen-bond donors (Lipinski definition) is 2. The lowest BCUT2D eigenvalue weighted by atomic mass is 9.81. The van der Waals surface area contributed by atoms with Gasteiger partial charge in [0.1, 0.15) is 0 Å². The number of piperazine rings is 1. The number of piperidine rings is 1. The van der Waals surface area contributed by atoms with Crippen molar-refractivity contribution in [2.24, 2.45) is 11.3 Å². The van der Waals surface area contributed by atoms with Gasteiger partial charge in [-0.15, -0.1) is 0 Å². The van der Waals surface area contributed by atoms with Gasteiger partial charge >= 0.3 is 12.0 Å². The van der Waals surface area contributed by atoms with Gasteiger partial charge in [-0.2, -0.15) is 0 Å². The number of nitrogens with zero attached hydrogens (tertiary/aromatic N) is 2. The van der Waals surface area contributed by atoms with Crippen molar-refractivity contribution in [2.45, 2.75) is 25.7 Å². The number of carbonyl (C=O) groups is 2. The van der Waals surface area contributed by atoms with Gasteiger partial charge in [0.05, 0.1) is 5.41 Å². The van der Waals surface area contributed by atoms with Crippen LogP contribution in [-0.2, 0) is 4.79 Å². The van der Waals surface area contributed by atoms with Crippen LogP contribution in [0.1, 0.15) is 25.7 Å². The molecule has 112 valence electrons. The van der Waals surface area contributed by atoms with Gasteiger partial charge in [0, 0.05) is 39.3 Å². The summed E-state index contributed by atoms with van der Waals surface area (Å²) in [5.74, 6) is -0.378. The Morgan fingerprint density at radius 3 is 2.05 bits per heavy atom. The van der Waals surface area contributed by atoms with E-state index in [4.69, 9.17) is 0 Å². The Balaban J connectivity index is 1.53. The second kappa shape index (κ2) is 5.24. The average molecular weight is 281 g/mol. The summed E-state index contributed by atoms with van der Waals surface area (Å²) in [6.07, 6.45) is 3.31. The molecule has 3 aliphatic rings. The average Bonchev–Trinajstić information content (AvgIpc) is 3.29. The number of hydrogen-bond acceptors (Lipinski definition) is 3. The molecule has 1 saturated carbocycles. The molecule has 0 bridgehead atoms. The second-order valence-electron chi connectivity index (χ2n) is 6.24. The van der Waals surface area contributed by atoms with Crippen molar-refractivity contribution in [3.05, 3.63) is 0 Å². The minimum absolute atomic E-state index is 0.130. The van der Waals surface area contributed by atoms with Gasteiger partial charge in [-0.1, -0.05) is 0 Å². The minimum atomic E-state index is -0.635. The fourth-order valence-corrected chi connectivity index (χ4v) is 3.61. The van der Waals surface area contributed by atoms with E-state index in [-0.39, 0.29) is 11.9 Å². The minimum Gasteiger partial charge on any atom is -0.481 e. The fraction of sp³-hybridized carbons (Fsp3) is 0.857. The van der Waals surface area contributed by atoms with Crippen molar-refractivity contribution in [3.8, 4) is 0 Å². The summed E-state index contributed by atoms with van der Waals surface area (Å²) in [6, 6.07) is 0.130. The maximum absolute atomic E-state index is 12.4. The lowest BCUT2D eigenvalue weighted by Gasteiger charge is -2.38. The third-order valence-corrected chi connectivity index (χ3v) is 5.15. The topological polar surface area (TPSA) is 72.9 Å². The summed E-state index contributed by atoms with van der Waals surface area (Å²) in [5, 5.41) is 12.6. The third kappa shape index (κ3) is 2.37. The molecule has 0 aromatic heterocycles. The highest BCUT2D eigenvalue weighted by Gasteiger charge is 2.56. The first-order valence-corrected chi connectivity index (χ1v) is 7.61. The molecule has 0 aromatic carbocycles. The monoisotopic (exact) mass is 281 g/mol. The van der Waals surface area contributed by atoms with E-state index in [1.165, 1.54) is 0 Å². The smallest absolute Gasteiger partial charge is 0.320 e. The van der Waals surface area contributed by atoms with Gasteiger partial charge in [0.25, 0.3) is 0 Å². The molecule has 2 saturated heterocycles. The van der Waals surface area contributed by atoms with Crippen LogP contribution in [0.5, 0.6) is 0 Å². The van der Waals surface area contributed by atoms with Crippen LogP contribution in [0.25, 0.3) is 0 Å². The summed E-state index contributed by atoms with van der Waals surface area (Å²) < 4.78 is 0. The van der Waals surface area contributed by atoms with Crippen molar-refractivity contribution in [1.82, 2.24) is 15.1 Å². The number of aliphatic carboxylic acids is 1. The van der Waals surface area contributed by atoms with Gasteiger partial charge in [-0.3, -0.25) is 4.79 Å². The molecule has 3 fully saturated rings. The summed E-state index contributed by atoms with van der Waals surface area (Å²) in [7, 11) is 0.